The van der Waals surface area contributed by atoms with Crippen LogP contribution in [0.1, 0.15) is 29.1 Å². The van der Waals surface area contributed by atoms with Gasteiger partial charge in [-0.25, -0.2) is 13.4 Å². The Morgan fingerprint density at radius 1 is 0.968 bits per heavy atom. The second-order valence-electron chi connectivity index (χ2n) is 7.32. The van der Waals surface area contributed by atoms with Crippen molar-refractivity contribution in [2.45, 2.75) is 24.2 Å². The van der Waals surface area contributed by atoms with Crippen molar-refractivity contribution in [3.8, 4) is 0 Å². The number of nitrogens with one attached hydrogen (secondary N) is 2. The average Bonchev–Trinajstić information content (AvgIpc) is 2.78. The summed E-state index contributed by atoms with van der Waals surface area (Å²) in [6.07, 6.45) is 3.86. The Bertz CT molecular complexity index is 982. The van der Waals surface area contributed by atoms with Crippen molar-refractivity contribution in [3.05, 3.63) is 84.6 Å². The van der Waals surface area contributed by atoms with Crippen LogP contribution in [0.25, 0.3) is 0 Å². The zero-order valence-corrected chi connectivity index (χ0v) is 19.0. The fourth-order valence-corrected chi connectivity index (χ4v) is 3.50. The van der Waals surface area contributed by atoms with Crippen LogP contribution in [0.3, 0.4) is 0 Å². The standard InChI is InChI=1S/C18H26N4O2S.C6H6.3H2/c1-14(15-6-8-16(9-7-15)25(2,23)24)13-20-10-4-12-21-17-5-3-11-22-18(17)19;1-2-4-6-5-3-1;;;/h3,5-9,11,14,20-21H,4,10,12-13H2,1-2H3,(H2,19,22);1-6H;3*1H/t14-;;;;/m1..../s1. The second-order valence-corrected chi connectivity index (χ2v) is 9.33. The first-order valence-corrected chi connectivity index (χ1v) is 12.2. The van der Waals surface area contributed by atoms with E-state index in [0.29, 0.717) is 16.6 Å². The van der Waals surface area contributed by atoms with Crippen LogP contribution >= 0.6 is 0 Å². The zero-order chi connectivity index (χ0) is 22.5. The number of aromatic nitrogens is 1. The number of pyridine rings is 1. The first kappa shape index (κ1) is 24.4. The summed E-state index contributed by atoms with van der Waals surface area (Å²) in [4.78, 5) is 4.39. The number of hydrogen-bond donors (Lipinski definition) is 3. The lowest BCUT2D eigenvalue weighted by atomic mass is 10.0. The third-order valence-electron chi connectivity index (χ3n) is 4.68. The molecule has 7 heteroatoms. The number of nitrogen functional groups attached to an aromatic ring is 1. The van der Waals surface area contributed by atoms with Gasteiger partial charge >= 0.3 is 0 Å². The molecule has 0 unspecified atom stereocenters. The van der Waals surface area contributed by atoms with Gasteiger partial charge in [0.2, 0.25) is 0 Å². The number of anilines is 2. The highest BCUT2D eigenvalue weighted by molar-refractivity contribution is 7.90. The van der Waals surface area contributed by atoms with E-state index in [-0.39, 0.29) is 4.28 Å². The molecule has 0 saturated carbocycles. The molecule has 0 aliphatic rings. The Balaban J connectivity index is 0. The molecule has 1 aromatic heterocycles. The van der Waals surface area contributed by atoms with Gasteiger partial charge in [-0.2, -0.15) is 0 Å². The lowest BCUT2D eigenvalue weighted by molar-refractivity contribution is 0.599. The maximum Gasteiger partial charge on any atom is 0.175 e. The molecule has 4 N–H and O–H groups in total. The summed E-state index contributed by atoms with van der Waals surface area (Å²) < 4.78 is 23.0. The minimum absolute atomic E-state index is 0. The molecule has 6 nitrogen and oxygen atoms in total. The van der Waals surface area contributed by atoms with E-state index in [2.05, 4.69) is 22.5 Å². The number of hydrogen-bond acceptors (Lipinski definition) is 6. The molecule has 0 aliphatic carbocycles. The Morgan fingerprint density at radius 2 is 1.58 bits per heavy atom. The molecule has 1 heterocycles. The van der Waals surface area contributed by atoms with Crippen LogP contribution in [0.5, 0.6) is 0 Å². The summed E-state index contributed by atoms with van der Waals surface area (Å²) in [5, 5.41) is 6.69. The van der Waals surface area contributed by atoms with Crippen molar-refractivity contribution in [1.29, 1.82) is 0 Å². The van der Waals surface area contributed by atoms with Gasteiger partial charge in [0.1, 0.15) is 5.82 Å². The first-order valence-electron chi connectivity index (χ1n) is 10.3. The molecule has 0 saturated heterocycles. The normalized spacial score (nSPS) is 11.8. The van der Waals surface area contributed by atoms with E-state index in [4.69, 9.17) is 5.73 Å². The van der Waals surface area contributed by atoms with Gasteiger partial charge in [-0.1, -0.05) is 55.5 Å². The predicted octanol–water partition coefficient (Wildman–Crippen LogP) is 4.69. The molecule has 172 valence electrons. The van der Waals surface area contributed by atoms with Crippen molar-refractivity contribution in [2.24, 2.45) is 0 Å². The summed E-state index contributed by atoms with van der Waals surface area (Å²) in [5.41, 5.74) is 7.77. The smallest absolute Gasteiger partial charge is 0.175 e. The maximum absolute atomic E-state index is 11.5. The van der Waals surface area contributed by atoms with Gasteiger partial charge in [0, 0.05) is 29.8 Å². The van der Waals surface area contributed by atoms with E-state index in [1.807, 2.05) is 60.7 Å². The quantitative estimate of drug-likeness (QED) is 0.413. The minimum atomic E-state index is -3.13. The SMILES string of the molecule is C[C@H](CNCCCNc1cccnc1N)c1ccc(S(C)(=O)=O)cc1.[HH].[HH].[HH].c1ccccc1. The Hall–Kier alpha value is -2.90. The third-order valence-corrected chi connectivity index (χ3v) is 5.81. The molecule has 31 heavy (non-hydrogen) atoms. The maximum atomic E-state index is 11.5. The molecule has 0 spiro atoms. The van der Waals surface area contributed by atoms with Gasteiger partial charge in [0.05, 0.1) is 10.6 Å². The van der Waals surface area contributed by atoms with Crippen LogP contribution in [-0.4, -0.2) is 39.3 Å². The second kappa shape index (κ2) is 12.7. The molecule has 0 bridgehead atoms. The number of sulfone groups is 1. The van der Waals surface area contributed by atoms with E-state index in [0.717, 1.165) is 37.3 Å². The van der Waals surface area contributed by atoms with Gasteiger partial charge in [-0.05, 0) is 48.7 Å². The van der Waals surface area contributed by atoms with E-state index >= 15 is 0 Å². The van der Waals surface area contributed by atoms with Gasteiger partial charge in [-0.15, -0.1) is 0 Å². The monoisotopic (exact) mass is 446 g/mol. The molecule has 0 fully saturated rings. The lowest BCUT2D eigenvalue weighted by Crippen LogP contribution is -2.23. The van der Waals surface area contributed by atoms with E-state index < -0.39 is 9.84 Å². The molecule has 3 rings (SSSR count). The van der Waals surface area contributed by atoms with Crippen LogP contribution in [0, 0.1) is 0 Å². The largest absolute Gasteiger partial charge is 0.382 e. The Morgan fingerprint density at radius 3 is 2.13 bits per heavy atom. The number of benzene rings is 2. The zero-order valence-electron chi connectivity index (χ0n) is 18.2. The topological polar surface area (TPSA) is 97.1 Å². The molecule has 3 aromatic rings. The van der Waals surface area contributed by atoms with Gasteiger partial charge in [0.25, 0.3) is 0 Å². The van der Waals surface area contributed by atoms with Crippen LogP contribution in [0.15, 0.2) is 83.9 Å². The molecule has 0 aliphatic heterocycles. The summed E-state index contributed by atoms with van der Waals surface area (Å²) in [6.45, 7) is 4.67. The van der Waals surface area contributed by atoms with Crippen LogP contribution < -0.4 is 16.4 Å². The fourth-order valence-electron chi connectivity index (χ4n) is 2.87. The molecule has 0 amide bonds. The van der Waals surface area contributed by atoms with E-state index in [1.54, 1.807) is 18.3 Å². The van der Waals surface area contributed by atoms with Gasteiger partial charge in [0.15, 0.2) is 9.84 Å². The first-order chi connectivity index (χ1) is 14.9. The Kier molecular flexibility index (Phi) is 10.00. The van der Waals surface area contributed by atoms with Gasteiger partial charge in [-0.3, -0.25) is 0 Å². The number of nitrogens with two attached hydrogens (primary N) is 1. The Labute approximate surface area is 190 Å². The third kappa shape index (κ3) is 9.19. The fraction of sp³-hybridized carbons (Fsp3) is 0.292. The van der Waals surface area contributed by atoms with Crippen LogP contribution in [0.4, 0.5) is 11.5 Å². The summed E-state index contributed by atoms with van der Waals surface area (Å²) in [6, 6.07) is 22.9. The number of rotatable bonds is 9. The summed E-state index contributed by atoms with van der Waals surface area (Å²) in [7, 11) is -3.13. The van der Waals surface area contributed by atoms with Crippen molar-refractivity contribution in [3.63, 3.8) is 0 Å². The molecule has 1 atom stereocenters. The van der Waals surface area contributed by atoms with Crippen molar-refractivity contribution < 1.29 is 12.7 Å². The van der Waals surface area contributed by atoms with Gasteiger partial charge < -0.3 is 16.4 Å². The molecule has 2 aromatic carbocycles. The van der Waals surface area contributed by atoms with Crippen molar-refractivity contribution >= 4 is 21.3 Å². The highest BCUT2D eigenvalue weighted by Gasteiger charge is 2.09. The van der Waals surface area contributed by atoms with Crippen molar-refractivity contribution in [1.82, 2.24) is 10.3 Å². The molecular formula is C24H38N4O2S. The average molecular weight is 447 g/mol. The van der Waals surface area contributed by atoms with Crippen LogP contribution in [-0.2, 0) is 9.84 Å². The summed E-state index contributed by atoms with van der Waals surface area (Å²) in [5.74, 6) is 0.831. The van der Waals surface area contributed by atoms with Crippen LogP contribution in [0.2, 0.25) is 0 Å². The highest BCUT2D eigenvalue weighted by atomic mass is 32.2. The van der Waals surface area contributed by atoms with Crippen molar-refractivity contribution in [2.75, 3.05) is 36.9 Å². The molecule has 0 radical (unpaired) electrons. The lowest BCUT2D eigenvalue weighted by Gasteiger charge is -2.14. The minimum Gasteiger partial charge on any atom is -0.382 e. The predicted molar refractivity (Wildman–Crippen MR) is 135 cm³/mol. The highest BCUT2D eigenvalue weighted by Crippen LogP contribution is 2.17. The summed E-state index contributed by atoms with van der Waals surface area (Å²) >= 11 is 0. The number of nitrogens with zero attached hydrogens (tertiary/aromatic N) is 1. The van der Waals surface area contributed by atoms with E-state index in [1.165, 1.54) is 6.26 Å². The molecular weight excluding hydrogens is 408 g/mol. The van der Waals surface area contributed by atoms with E-state index in [9.17, 15) is 8.42 Å².